The maximum atomic E-state index is 12.0. The number of phenolic OH excluding ortho intramolecular Hbond substituents is 1. The number of phenols is 1. The van der Waals surface area contributed by atoms with E-state index in [2.05, 4.69) is 21.2 Å². The number of halogens is 2. The molecule has 1 fully saturated rings. The summed E-state index contributed by atoms with van der Waals surface area (Å²) >= 11 is 9.05. The third-order valence-corrected chi connectivity index (χ3v) is 4.34. The predicted molar refractivity (Wildman–Crippen MR) is 70.6 cm³/mol. The Hall–Kier alpha value is -0.740. The molecule has 92 valence electrons. The Morgan fingerprint density at radius 2 is 2.24 bits per heavy atom. The number of rotatable bonds is 3. The summed E-state index contributed by atoms with van der Waals surface area (Å²) in [6.45, 7) is 0. The van der Waals surface area contributed by atoms with Crippen LogP contribution in [0.5, 0.6) is 5.75 Å². The molecular formula is C12H13BrClNO2. The Kier molecular flexibility index (Phi) is 3.64. The van der Waals surface area contributed by atoms with Crippen molar-refractivity contribution in [3.05, 3.63) is 28.2 Å². The number of aromatic hydroxyl groups is 1. The Bertz CT molecular complexity index is 441. The molecule has 0 saturated heterocycles. The highest BCUT2D eigenvalue weighted by Crippen LogP contribution is 2.33. The Morgan fingerprint density at radius 3 is 2.71 bits per heavy atom. The Morgan fingerprint density at radius 1 is 1.53 bits per heavy atom. The number of benzene rings is 1. The first-order chi connectivity index (χ1) is 8.06. The fourth-order valence-electron chi connectivity index (χ4n) is 1.86. The first-order valence-corrected chi connectivity index (χ1v) is 6.76. The van der Waals surface area contributed by atoms with Crippen molar-refractivity contribution in [1.29, 1.82) is 0 Å². The van der Waals surface area contributed by atoms with Gasteiger partial charge in [-0.1, -0.05) is 0 Å². The molecule has 17 heavy (non-hydrogen) atoms. The van der Waals surface area contributed by atoms with E-state index in [0.717, 1.165) is 19.3 Å². The van der Waals surface area contributed by atoms with Gasteiger partial charge in [0.25, 0.3) is 5.91 Å². The molecule has 1 aromatic rings. The highest BCUT2D eigenvalue weighted by molar-refractivity contribution is 9.10. The van der Waals surface area contributed by atoms with Gasteiger partial charge in [-0.3, -0.25) is 4.79 Å². The van der Waals surface area contributed by atoms with Crippen molar-refractivity contribution < 1.29 is 9.90 Å². The largest absolute Gasteiger partial charge is 0.507 e. The average molecular weight is 319 g/mol. The molecule has 0 aromatic heterocycles. The molecule has 0 aliphatic heterocycles. The molecule has 0 radical (unpaired) electrons. The van der Waals surface area contributed by atoms with E-state index in [0.29, 0.717) is 15.9 Å². The van der Waals surface area contributed by atoms with Gasteiger partial charge < -0.3 is 10.4 Å². The van der Waals surface area contributed by atoms with Gasteiger partial charge in [0.15, 0.2) is 0 Å². The number of hydrogen-bond donors (Lipinski definition) is 2. The number of amides is 1. The molecular weight excluding hydrogens is 305 g/mol. The summed E-state index contributed by atoms with van der Waals surface area (Å²) in [5.74, 6) is 0.306. The highest BCUT2D eigenvalue weighted by Gasteiger charge is 2.37. The van der Waals surface area contributed by atoms with Gasteiger partial charge in [0, 0.05) is 11.4 Å². The minimum absolute atomic E-state index is 0.0613. The molecule has 3 nitrogen and oxygen atoms in total. The third kappa shape index (κ3) is 2.58. The zero-order valence-electron chi connectivity index (χ0n) is 9.17. The number of hydrogen-bond acceptors (Lipinski definition) is 2. The van der Waals surface area contributed by atoms with E-state index in [1.165, 1.54) is 6.07 Å². The van der Waals surface area contributed by atoms with Crippen LogP contribution in [-0.2, 0) is 0 Å². The van der Waals surface area contributed by atoms with E-state index in [9.17, 15) is 9.90 Å². The van der Waals surface area contributed by atoms with Gasteiger partial charge in [0.1, 0.15) is 5.75 Å². The fourth-order valence-corrected chi connectivity index (χ4v) is 2.44. The maximum Gasteiger partial charge on any atom is 0.251 e. The summed E-state index contributed by atoms with van der Waals surface area (Å²) in [5, 5.41) is 12.5. The van der Waals surface area contributed by atoms with E-state index in [4.69, 9.17) is 11.6 Å². The van der Waals surface area contributed by atoms with E-state index < -0.39 is 0 Å². The second-order valence-electron chi connectivity index (χ2n) is 4.39. The molecule has 2 N–H and O–H groups in total. The molecule has 0 heterocycles. The molecule has 1 aromatic carbocycles. The minimum Gasteiger partial charge on any atom is -0.507 e. The topological polar surface area (TPSA) is 49.3 Å². The van der Waals surface area contributed by atoms with Crippen LogP contribution in [0.4, 0.5) is 0 Å². The van der Waals surface area contributed by atoms with Gasteiger partial charge in [-0.05, 0) is 53.4 Å². The highest BCUT2D eigenvalue weighted by atomic mass is 79.9. The third-order valence-electron chi connectivity index (χ3n) is 3.15. The van der Waals surface area contributed by atoms with Crippen LogP contribution in [0.1, 0.15) is 29.6 Å². The molecule has 0 atom stereocenters. The number of nitrogens with one attached hydrogen (secondary N) is 1. The lowest BCUT2D eigenvalue weighted by molar-refractivity contribution is 0.0853. The summed E-state index contributed by atoms with van der Waals surface area (Å²) in [5.41, 5.74) is 0.198. The quantitative estimate of drug-likeness (QED) is 0.842. The standard InChI is InChI=1S/C12H13BrClNO2/c13-9-3-2-8(6-10(9)16)11(17)15-12(7-14)4-1-5-12/h2-3,6,16H,1,4-5,7H2,(H,15,17). The van der Waals surface area contributed by atoms with Gasteiger partial charge >= 0.3 is 0 Å². The van der Waals surface area contributed by atoms with Gasteiger partial charge in [0.2, 0.25) is 0 Å². The molecule has 0 bridgehead atoms. The second kappa shape index (κ2) is 4.86. The lowest BCUT2D eigenvalue weighted by Crippen LogP contribution is -2.55. The molecule has 0 spiro atoms. The van der Waals surface area contributed by atoms with Crippen LogP contribution in [0.15, 0.2) is 22.7 Å². The molecule has 1 aliphatic carbocycles. The van der Waals surface area contributed by atoms with E-state index in [-0.39, 0.29) is 17.2 Å². The van der Waals surface area contributed by atoms with Crippen molar-refractivity contribution in [3.63, 3.8) is 0 Å². The maximum absolute atomic E-state index is 12.0. The van der Waals surface area contributed by atoms with Crippen molar-refractivity contribution in [3.8, 4) is 5.75 Å². The number of carbonyl (C=O) groups excluding carboxylic acids is 1. The van der Waals surface area contributed by atoms with Crippen LogP contribution in [0.25, 0.3) is 0 Å². The van der Waals surface area contributed by atoms with E-state index in [1.54, 1.807) is 12.1 Å². The van der Waals surface area contributed by atoms with Crippen molar-refractivity contribution in [2.75, 3.05) is 5.88 Å². The monoisotopic (exact) mass is 317 g/mol. The molecule has 1 aliphatic rings. The lowest BCUT2D eigenvalue weighted by Gasteiger charge is -2.41. The SMILES string of the molecule is O=C(NC1(CCl)CCC1)c1ccc(Br)c(O)c1. The second-order valence-corrected chi connectivity index (χ2v) is 5.51. The Balaban J connectivity index is 2.11. The summed E-state index contributed by atoms with van der Waals surface area (Å²) in [7, 11) is 0. The smallest absolute Gasteiger partial charge is 0.251 e. The van der Waals surface area contributed by atoms with Gasteiger partial charge in [-0.2, -0.15) is 0 Å². The summed E-state index contributed by atoms with van der Waals surface area (Å²) in [6.07, 6.45) is 2.94. The fraction of sp³-hybridized carbons (Fsp3) is 0.417. The molecule has 1 saturated carbocycles. The molecule has 5 heteroatoms. The van der Waals surface area contributed by atoms with Crippen LogP contribution in [0.3, 0.4) is 0 Å². The minimum atomic E-state index is -0.249. The zero-order chi connectivity index (χ0) is 12.5. The van der Waals surface area contributed by atoms with Crippen LogP contribution in [0.2, 0.25) is 0 Å². The first-order valence-electron chi connectivity index (χ1n) is 5.43. The Labute approximate surface area is 113 Å². The first kappa shape index (κ1) is 12.7. The van der Waals surface area contributed by atoms with Crippen LogP contribution in [-0.4, -0.2) is 22.4 Å². The van der Waals surface area contributed by atoms with E-state index in [1.807, 2.05) is 0 Å². The lowest BCUT2D eigenvalue weighted by atomic mass is 9.78. The van der Waals surface area contributed by atoms with Crippen molar-refractivity contribution >= 4 is 33.4 Å². The van der Waals surface area contributed by atoms with E-state index >= 15 is 0 Å². The van der Waals surface area contributed by atoms with Gasteiger partial charge in [-0.25, -0.2) is 0 Å². The van der Waals surface area contributed by atoms with Crippen molar-refractivity contribution in [1.82, 2.24) is 5.32 Å². The molecule has 2 rings (SSSR count). The average Bonchev–Trinajstić information content (AvgIpc) is 2.27. The van der Waals surface area contributed by atoms with Crippen LogP contribution < -0.4 is 5.32 Å². The number of alkyl halides is 1. The summed E-state index contributed by atoms with van der Waals surface area (Å²) in [6, 6.07) is 4.76. The van der Waals surface area contributed by atoms with Crippen LogP contribution in [0, 0.1) is 0 Å². The van der Waals surface area contributed by atoms with Gasteiger partial charge in [-0.15, -0.1) is 11.6 Å². The van der Waals surface area contributed by atoms with Crippen LogP contribution >= 0.6 is 27.5 Å². The molecule has 0 unspecified atom stereocenters. The summed E-state index contributed by atoms with van der Waals surface area (Å²) in [4.78, 5) is 12.0. The summed E-state index contributed by atoms with van der Waals surface area (Å²) < 4.78 is 0.574. The van der Waals surface area contributed by atoms with Gasteiger partial charge in [0.05, 0.1) is 10.0 Å². The zero-order valence-corrected chi connectivity index (χ0v) is 11.5. The number of carbonyl (C=O) groups is 1. The van der Waals surface area contributed by atoms with Crippen molar-refractivity contribution in [2.45, 2.75) is 24.8 Å². The predicted octanol–water partition coefficient (Wildman–Crippen LogP) is 3.05. The normalized spacial score (nSPS) is 17.3. The van der Waals surface area contributed by atoms with Crippen molar-refractivity contribution in [2.24, 2.45) is 0 Å². The molecule has 1 amide bonds.